The van der Waals surface area contributed by atoms with Gasteiger partial charge in [-0.3, -0.25) is 4.57 Å². The first-order valence-corrected chi connectivity index (χ1v) is 6.70. The monoisotopic (exact) mass is 247 g/mol. The Labute approximate surface area is 97.4 Å². The van der Waals surface area contributed by atoms with Crippen molar-refractivity contribution in [3.8, 4) is 0 Å². The topological polar surface area (TPSA) is 50.7 Å². The lowest BCUT2D eigenvalue weighted by molar-refractivity contribution is 0.642. The second-order valence-electron chi connectivity index (χ2n) is 3.66. The smallest absolute Gasteiger partial charge is 0.267 e. The van der Waals surface area contributed by atoms with Gasteiger partial charge in [0.25, 0.3) is 0 Å². The number of rotatable bonds is 6. The summed E-state index contributed by atoms with van der Waals surface area (Å²) in [6.07, 6.45) is 4.30. The van der Waals surface area contributed by atoms with E-state index in [9.17, 15) is 4.79 Å². The van der Waals surface area contributed by atoms with Gasteiger partial charge in [0, 0.05) is 17.7 Å². The van der Waals surface area contributed by atoms with Crippen molar-refractivity contribution in [1.82, 2.24) is 14.8 Å². The van der Waals surface area contributed by atoms with E-state index in [1.165, 1.54) is 0 Å². The number of alkyl halides is 1. The maximum atomic E-state index is 11.4. The molecule has 4 nitrogen and oxygen atoms in total. The Morgan fingerprint density at radius 2 is 2.33 bits per heavy atom. The molecule has 1 aliphatic carbocycles. The summed E-state index contributed by atoms with van der Waals surface area (Å²) in [6, 6.07) is 0.395. The Morgan fingerprint density at radius 1 is 1.53 bits per heavy atom. The zero-order chi connectivity index (χ0) is 10.7. The van der Waals surface area contributed by atoms with Gasteiger partial charge in [-0.2, -0.15) is 0 Å². The average Bonchev–Trinajstić information content (AvgIpc) is 2.99. The lowest BCUT2D eigenvalue weighted by Gasteiger charge is -2.02. The van der Waals surface area contributed by atoms with Crippen molar-refractivity contribution in [2.45, 2.75) is 36.9 Å². The van der Waals surface area contributed by atoms with Crippen molar-refractivity contribution in [1.29, 1.82) is 0 Å². The fraction of sp³-hybridized carbons (Fsp3) is 0.778. The molecule has 15 heavy (non-hydrogen) atoms. The van der Waals surface area contributed by atoms with Crippen molar-refractivity contribution >= 4 is 23.4 Å². The van der Waals surface area contributed by atoms with Crippen molar-refractivity contribution in [3.63, 3.8) is 0 Å². The van der Waals surface area contributed by atoms with Gasteiger partial charge in [-0.15, -0.1) is 16.7 Å². The quantitative estimate of drug-likeness (QED) is 0.475. The normalized spacial score (nSPS) is 15.8. The van der Waals surface area contributed by atoms with Crippen LogP contribution in [0.2, 0.25) is 0 Å². The van der Waals surface area contributed by atoms with E-state index in [-0.39, 0.29) is 5.69 Å². The van der Waals surface area contributed by atoms with Gasteiger partial charge in [0.2, 0.25) is 0 Å². The molecular formula is C9H14ClN3OS. The summed E-state index contributed by atoms with van der Waals surface area (Å²) in [7, 11) is 0. The molecule has 0 radical (unpaired) electrons. The number of aromatic nitrogens is 3. The Balaban J connectivity index is 1.92. The Hall–Kier alpha value is -0.420. The summed E-state index contributed by atoms with van der Waals surface area (Å²) in [4.78, 5) is 11.4. The molecule has 2 rings (SSSR count). The third-order valence-corrected chi connectivity index (χ3v) is 3.65. The summed E-state index contributed by atoms with van der Waals surface area (Å²) in [5.41, 5.74) is -0.0719. The molecule has 6 heteroatoms. The molecule has 84 valence electrons. The Kier molecular flexibility index (Phi) is 3.75. The van der Waals surface area contributed by atoms with Crippen LogP contribution in [0.25, 0.3) is 0 Å². The van der Waals surface area contributed by atoms with Crippen LogP contribution in [0.5, 0.6) is 0 Å². The predicted octanol–water partition coefficient (Wildman–Crippen LogP) is 2.02. The highest BCUT2D eigenvalue weighted by Gasteiger charge is 2.28. The zero-order valence-corrected chi connectivity index (χ0v) is 9.98. The summed E-state index contributed by atoms with van der Waals surface area (Å²) in [5.74, 6) is 1.68. The van der Waals surface area contributed by atoms with E-state index in [2.05, 4.69) is 10.2 Å². The third-order valence-electron chi connectivity index (χ3n) is 2.34. The van der Waals surface area contributed by atoms with Gasteiger partial charge in [-0.05, 0) is 25.7 Å². The second-order valence-corrected chi connectivity index (χ2v) is 5.10. The molecule has 1 N–H and O–H groups in total. The molecule has 1 heterocycles. The van der Waals surface area contributed by atoms with Crippen LogP contribution in [0, 0.1) is 0 Å². The lowest BCUT2D eigenvalue weighted by Crippen LogP contribution is -2.16. The maximum Gasteiger partial charge on any atom is 0.344 e. The molecule has 0 unspecified atom stereocenters. The predicted molar refractivity (Wildman–Crippen MR) is 61.8 cm³/mol. The minimum atomic E-state index is -0.0719. The average molecular weight is 248 g/mol. The van der Waals surface area contributed by atoms with E-state index >= 15 is 0 Å². The first kappa shape index (κ1) is 11.1. The molecule has 0 aliphatic heterocycles. The van der Waals surface area contributed by atoms with E-state index in [4.69, 9.17) is 11.6 Å². The third kappa shape index (κ3) is 2.78. The standard InChI is InChI=1S/C9H14ClN3OS/c10-5-1-2-6-15-9-12-11-8(14)13(9)7-3-4-7/h7H,1-6H2,(H,11,14). The van der Waals surface area contributed by atoms with Gasteiger partial charge in [-0.25, -0.2) is 9.89 Å². The molecule has 1 fully saturated rings. The number of H-pyrrole nitrogens is 1. The summed E-state index contributed by atoms with van der Waals surface area (Å²) in [5, 5.41) is 7.37. The fourth-order valence-electron chi connectivity index (χ4n) is 1.41. The van der Waals surface area contributed by atoms with Crippen molar-refractivity contribution in [3.05, 3.63) is 10.5 Å². The van der Waals surface area contributed by atoms with Gasteiger partial charge >= 0.3 is 5.69 Å². The molecule has 0 saturated heterocycles. The minimum Gasteiger partial charge on any atom is -0.267 e. The molecule has 0 spiro atoms. The first-order chi connectivity index (χ1) is 7.33. The van der Waals surface area contributed by atoms with Gasteiger partial charge in [0.15, 0.2) is 5.16 Å². The van der Waals surface area contributed by atoms with Crippen LogP contribution in [0.3, 0.4) is 0 Å². The summed E-state index contributed by atoms with van der Waals surface area (Å²) < 4.78 is 1.78. The van der Waals surface area contributed by atoms with Crippen LogP contribution >= 0.6 is 23.4 Å². The number of aromatic amines is 1. The molecule has 1 saturated carbocycles. The van der Waals surface area contributed by atoms with E-state index in [0.29, 0.717) is 11.9 Å². The van der Waals surface area contributed by atoms with Gasteiger partial charge < -0.3 is 0 Å². The van der Waals surface area contributed by atoms with Crippen molar-refractivity contribution in [2.75, 3.05) is 11.6 Å². The molecule has 0 bridgehead atoms. The zero-order valence-electron chi connectivity index (χ0n) is 8.41. The number of nitrogens with zero attached hydrogens (tertiary/aromatic N) is 2. The van der Waals surface area contributed by atoms with E-state index < -0.39 is 0 Å². The molecule has 0 atom stereocenters. The van der Waals surface area contributed by atoms with Crippen LogP contribution in [0.15, 0.2) is 9.95 Å². The highest BCUT2D eigenvalue weighted by atomic mass is 35.5. The van der Waals surface area contributed by atoms with Gasteiger partial charge in [0.1, 0.15) is 0 Å². The SMILES string of the molecule is O=c1[nH]nc(SCCCCCl)n1C1CC1. The highest BCUT2D eigenvalue weighted by molar-refractivity contribution is 7.99. The number of unbranched alkanes of at least 4 members (excludes halogenated alkanes) is 1. The largest absolute Gasteiger partial charge is 0.344 e. The minimum absolute atomic E-state index is 0.0719. The van der Waals surface area contributed by atoms with Crippen molar-refractivity contribution in [2.24, 2.45) is 0 Å². The van der Waals surface area contributed by atoms with E-state index in [0.717, 1.165) is 36.6 Å². The van der Waals surface area contributed by atoms with Gasteiger partial charge in [-0.1, -0.05) is 11.8 Å². The van der Waals surface area contributed by atoms with Crippen LogP contribution < -0.4 is 5.69 Å². The number of nitrogens with one attached hydrogen (secondary N) is 1. The van der Waals surface area contributed by atoms with E-state index in [1.54, 1.807) is 16.3 Å². The highest BCUT2D eigenvalue weighted by Crippen LogP contribution is 2.36. The molecule has 1 aliphatic rings. The molecule has 1 aromatic heterocycles. The van der Waals surface area contributed by atoms with Crippen LogP contribution in [0.1, 0.15) is 31.7 Å². The molecule has 1 aromatic rings. The van der Waals surface area contributed by atoms with Crippen LogP contribution in [-0.2, 0) is 0 Å². The summed E-state index contributed by atoms with van der Waals surface area (Å²) in [6.45, 7) is 0. The fourth-order valence-corrected chi connectivity index (χ4v) is 2.61. The second kappa shape index (κ2) is 5.07. The maximum absolute atomic E-state index is 11.4. The Morgan fingerprint density at radius 3 is 3.00 bits per heavy atom. The van der Waals surface area contributed by atoms with Gasteiger partial charge in [0.05, 0.1) is 0 Å². The van der Waals surface area contributed by atoms with Crippen molar-refractivity contribution < 1.29 is 0 Å². The number of hydrogen-bond donors (Lipinski definition) is 1. The lowest BCUT2D eigenvalue weighted by atomic mass is 10.4. The molecule has 0 aromatic carbocycles. The Bertz CT molecular complexity index is 372. The summed E-state index contributed by atoms with van der Waals surface area (Å²) >= 11 is 7.23. The number of hydrogen-bond acceptors (Lipinski definition) is 3. The van der Waals surface area contributed by atoms with E-state index in [1.807, 2.05) is 0 Å². The number of thioether (sulfide) groups is 1. The first-order valence-electron chi connectivity index (χ1n) is 5.18. The molecule has 0 amide bonds. The number of halogens is 1. The van der Waals surface area contributed by atoms with Crippen LogP contribution in [-0.4, -0.2) is 26.4 Å². The molecular weight excluding hydrogens is 234 g/mol. The van der Waals surface area contributed by atoms with Crippen LogP contribution in [0.4, 0.5) is 0 Å².